The van der Waals surface area contributed by atoms with Gasteiger partial charge in [0, 0.05) is 25.9 Å². The van der Waals surface area contributed by atoms with Gasteiger partial charge >= 0.3 is 0 Å². The molecule has 0 heterocycles. The first-order chi connectivity index (χ1) is 11.6. The summed E-state index contributed by atoms with van der Waals surface area (Å²) < 4.78 is 0. The fraction of sp³-hybridized carbons (Fsp3) is 0.900. The van der Waals surface area contributed by atoms with Crippen LogP contribution in [0.2, 0.25) is 0 Å². The third kappa shape index (κ3) is 17.3. The van der Waals surface area contributed by atoms with E-state index in [0.717, 1.165) is 31.8 Å². The third-order valence-corrected chi connectivity index (χ3v) is 4.19. The Kier molecular flexibility index (Phi) is 16.0. The molecule has 4 heteroatoms. The van der Waals surface area contributed by atoms with Gasteiger partial charge in [-0.1, -0.05) is 65.7 Å². The van der Waals surface area contributed by atoms with E-state index in [1.54, 1.807) is 0 Å². The number of hydrogen-bond acceptors (Lipinski definition) is 2. The van der Waals surface area contributed by atoms with Gasteiger partial charge in [0.25, 0.3) is 0 Å². The summed E-state index contributed by atoms with van der Waals surface area (Å²) in [5, 5.41) is 5.88. The predicted octanol–water partition coefficient (Wildman–Crippen LogP) is 4.58. The van der Waals surface area contributed by atoms with Crippen LogP contribution in [0, 0.1) is 5.92 Å². The Labute approximate surface area is 149 Å². The van der Waals surface area contributed by atoms with E-state index in [0.29, 0.717) is 19.3 Å². The Morgan fingerprint density at radius 1 is 0.708 bits per heavy atom. The highest BCUT2D eigenvalue weighted by atomic mass is 16.2. The first-order valence-electron chi connectivity index (χ1n) is 10.1. The van der Waals surface area contributed by atoms with Gasteiger partial charge in [-0.05, 0) is 25.2 Å². The molecule has 0 aromatic rings. The lowest BCUT2D eigenvalue weighted by molar-refractivity contribution is -0.122. The van der Waals surface area contributed by atoms with E-state index in [2.05, 4.69) is 31.4 Å². The Morgan fingerprint density at radius 2 is 1.21 bits per heavy atom. The summed E-state index contributed by atoms with van der Waals surface area (Å²) >= 11 is 0. The molecule has 0 aliphatic rings. The van der Waals surface area contributed by atoms with Crippen LogP contribution in [-0.4, -0.2) is 24.9 Å². The summed E-state index contributed by atoms with van der Waals surface area (Å²) in [5.41, 5.74) is 0. The van der Waals surface area contributed by atoms with E-state index >= 15 is 0 Å². The maximum atomic E-state index is 11.7. The second-order valence-electron chi connectivity index (χ2n) is 7.21. The molecule has 4 nitrogen and oxygen atoms in total. The topological polar surface area (TPSA) is 58.2 Å². The molecule has 2 amide bonds. The van der Waals surface area contributed by atoms with E-state index in [1.807, 2.05) is 0 Å². The summed E-state index contributed by atoms with van der Waals surface area (Å²) in [6.07, 6.45) is 12.3. The van der Waals surface area contributed by atoms with Crippen LogP contribution in [0.25, 0.3) is 0 Å². The van der Waals surface area contributed by atoms with Crippen LogP contribution in [0.1, 0.15) is 97.8 Å². The van der Waals surface area contributed by atoms with Gasteiger partial charge in [-0.15, -0.1) is 0 Å². The molecule has 142 valence electrons. The quantitative estimate of drug-likeness (QED) is 0.404. The average Bonchev–Trinajstić information content (AvgIpc) is 2.53. The van der Waals surface area contributed by atoms with Gasteiger partial charge in [-0.2, -0.15) is 0 Å². The van der Waals surface area contributed by atoms with Crippen molar-refractivity contribution in [3.8, 4) is 0 Å². The van der Waals surface area contributed by atoms with Crippen LogP contribution in [0.4, 0.5) is 0 Å². The number of carbonyl (C=O) groups excluding carboxylic acids is 2. The fourth-order valence-electron chi connectivity index (χ4n) is 2.62. The van der Waals surface area contributed by atoms with Crippen molar-refractivity contribution < 1.29 is 9.59 Å². The van der Waals surface area contributed by atoms with E-state index in [9.17, 15) is 9.59 Å². The molecule has 0 aliphatic heterocycles. The summed E-state index contributed by atoms with van der Waals surface area (Å²) in [7, 11) is 0. The molecule has 0 radical (unpaired) electrons. The van der Waals surface area contributed by atoms with Crippen molar-refractivity contribution >= 4 is 11.8 Å². The Bertz CT molecular complexity index is 317. The van der Waals surface area contributed by atoms with Crippen molar-refractivity contribution in [2.24, 2.45) is 5.92 Å². The normalized spacial score (nSPS) is 10.8. The van der Waals surface area contributed by atoms with Crippen molar-refractivity contribution in [1.82, 2.24) is 10.6 Å². The molecule has 0 rings (SSSR count). The average molecular weight is 341 g/mol. The monoisotopic (exact) mass is 340 g/mol. The second kappa shape index (κ2) is 16.8. The van der Waals surface area contributed by atoms with Crippen LogP contribution in [0.3, 0.4) is 0 Å². The van der Waals surface area contributed by atoms with Crippen molar-refractivity contribution in [1.29, 1.82) is 0 Å². The highest BCUT2D eigenvalue weighted by molar-refractivity contribution is 5.78. The van der Waals surface area contributed by atoms with Crippen molar-refractivity contribution in [3.63, 3.8) is 0 Å². The van der Waals surface area contributed by atoms with Crippen LogP contribution in [-0.2, 0) is 9.59 Å². The number of unbranched alkanes of at least 4 members (excludes halogenated alkanes) is 6. The molecule has 0 atom stereocenters. The number of hydrogen-bond donors (Lipinski definition) is 2. The molecule has 0 saturated carbocycles. The van der Waals surface area contributed by atoms with Crippen LogP contribution < -0.4 is 10.6 Å². The van der Waals surface area contributed by atoms with Crippen LogP contribution >= 0.6 is 0 Å². The van der Waals surface area contributed by atoms with Gasteiger partial charge in [0.2, 0.25) is 11.8 Å². The number of nitrogens with one attached hydrogen (secondary N) is 2. The Morgan fingerprint density at radius 3 is 1.71 bits per heavy atom. The summed E-state index contributed by atoms with van der Waals surface area (Å²) in [6.45, 7) is 8.22. The standard InChI is InChI=1S/C20H40N2O2/c1-4-5-6-10-16-21-19(23)14-12-15-20(24)22-17-11-8-7-9-13-18(2)3/h18H,4-17H2,1-3H3,(H,21,23)(H,22,24). The smallest absolute Gasteiger partial charge is 0.220 e. The number of rotatable bonds is 16. The molecule has 0 saturated heterocycles. The summed E-state index contributed by atoms with van der Waals surface area (Å²) in [5.74, 6) is 0.940. The zero-order valence-corrected chi connectivity index (χ0v) is 16.3. The zero-order valence-electron chi connectivity index (χ0n) is 16.3. The highest BCUT2D eigenvalue weighted by Crippen LogP contribution is 2.09. The van der Waals surface area contributed by atoms with Crippen molar-refractivity contribution in [2.45, 2.75) is 97.8 Å². The minimum absolute atomic E-state index is 0.0736. The molecule has 24 heavy (non-hydrogen) atoms. The molecule has 0 aromatic heterocycles. The Hall–Kier alpha value is -1.06. The molecule has 0 bridgehead atoms. The minimum Gasteiger partial charge on any atom is -0.356 e. The highest BCUT2D eigenvalue weighted by Gasteiger charge is 2.04. The zero-order chi connectivity index (χ0) is 18.0. The second-order valence-corrected chi connectivity index (χ2v) is 7.21. The maximum absolute atomic E-state index is 11.7. The molecule has 0 fully saturated rings. The van der Waals surface area contributed by atoms with Crippen molar-refractivity contribution in [2.75, 3.05) is 13.1 Å². The lowest BCUT2D eigenvalue weighted by atomic mass is 10.0. The molecular formula is C20H40N2O2. The van der Waals surface area contributed by atoms with E-state index < -0.39 is 0 Å². The number of carbonyl (C=O) groups is 2. The van der Waals surface area contributed by atoms with Gasteiger partial charge in [0.15, 0.2) is 0 Å². The van der Waals surface area contributed by atoms with Gasteiger partial charge < -0.3 is 10.6 Å². The molecule has 0 unspecified atom stereocenters. The largest absolute Gasteiger partial charge is 0.356 e. The lowest BCUT2D eigenvalue weighted by Crippen LogP contribution is -2.26. The van der Waals surface area contributed by atoms with Gasteiger partial charge in [-0.3, -0.25) is 9.59 Å². The number of amides is 2. The first-order valence-corrected chi connectivity index (χ1v) is 10.1. The fourth-order valence-corrected chi connectivity index (χ4v) is 2.62. The van der Waals surface area contributed by atoms with Gasteiger partial charge in [0.05, 0.1) is 0 Å². The first kappa shape index (κ1) is 22.9. The summed E-state index contributed by atoms with van der Waals surface area (Å²) in [6, 6.07) is 0. The van der Waals surface area contributed by atoms with Crippen molar-refractivity contribution in [3.05, 3.63) is 0 Å². The SMILES string of the molecule is CCCCCCNC(=O)CCCC(=O)NCCCCCCC(C)C. The maximum Gasteiger partial charge on any atom is 0.220 e. The lowest BCUT2D eigenvalue weighted by Gasteiger charge is -2.07. The summed E-state index contributed by atoms with van der Waals surface area (Å²) in [4.78, 5) is 23.3. The third-order valence-electron chi connectivity index (χ3n) is 4.19. The van der Waals surface area contributed by atoms with E-state index in [-0.39, 0.29) is 11.8 Å². The van der Waals surface area contributed by atoms with Crippen LogP contribution in [0.5, 0.6) is 0 Å². The molecular weight excluding hydrogens is 300 g/mol. The molecule has 2 N–H and O–H groups in total. The minimum atomic E-state index is 0.0736. The van der Waals surface area contributed by atoms with Gasteiger partial charge in [0.1, 0.15) is 0 Å². The van der Waals surface area contributed by atoms with E-state index in [1.165, 1.54) is 44.9 Å². The van der Waals surface area contributed by atoms with Gasteiger partial charge in [-0.25, -0.2) is 0 Å². The molecule has 0 spiro atoms. The molecule has 0 aromatic carbocycles. The van der Waals surface area contributed by atoms with Crippen LogP contribution in [0.15, 0.2) is 0 Å². The van der Waals surface area contributed by atoms with E-state index in [4.69, 9.17) is 0 Å². The molecule has 0 aliphatic carbocycles. The Balaban J connectivity index is 3.35. The predicted molar refractivity (Wildman–Crippen MR) is 102 cm³/mol.